The summed E-state index contributed by atoms with van der Waals surface area (Å²) in [7, 11) is 0. The fourth-order valence-electron chi connectivity index (χ4n) is 3.50. The molecule has 1 heterocycles. The minimum Gasteiger partial charge on any atom is -0.352 e. The topological polar surface area (TPSA) is 41.1 Å². The third kappa shape index (κ3) is 3.13. The number of rotatable bonds is 3. The number of carbonyl (C=O) groups excluding carboxylic acids is 1. The maximum Gasteiger partial charge on any atom is 0.230 e. The summed E-state index contributed by atoms with van der Waals surface area (Å²) >= 11 is 0. The van der Waals surface area contributed by atoms with E-state index in [-0.39, 0.29) is 30.2 Å². The molecular formula is C17H24ClFN2O. The second kappa shape index (κ2) is 6.97. The smallest absolute Gasteiger partial charge is 0.230 e. The molecular weight excluding hydrogens is 303 g/mol. The zero-order chi connectivity index (χ0) is 14.9. The molecule has 1 aliphatic carbocycles. The number of benzene rings is 1. The predicted molar refractivity (Wildman–Crippen MR) is 87.8 cm³/mol. The Kier molecular flexibility index (Phi) is 5.45. The van der Waals surface area contributed by atoms with Crippen LogP contribution in [0.2, 0.25) is 0 Å². The van der Waals surface area contributed by atoms with Crippen molar-refractivity contribution in [1.82, 2.24) is 10.6 Å². The van der Waals surface area contributed by atoms with Gasteiger partial charge in [0.2, 0.25) is 5.91 Å². The van der Waals surface area contributed by atoms with Crippen LogP contribution in [0.3, 0.4) is 0 Å². The number of nitrogens with one attached hydrogen (secondary N) is 2. The van der Waals surface area contributed by atoms with Gasteiger partial charge in [0.15, 0.2) is 0 Å². The van der Waals surface area contributed by atoms with E-state index in [1.165, 1.54) is 12.1 Å². The standard InChI is InChI=1S/C17H23FN2O.ClH/c1-12-11-19-9-6-15(12)20-16(21)17(7-3-8-17)13-4-2-5-14(18)10-13;/h2,4-5,10,12,15,19H,3,6-9,11H2,1H3,(H,20,21);1H. The average molecular weight is 327 g/mol. The highest BCUT2D eigenvalue weighted by molar-refractivity contribution is 5.89. The van der Waals surface area contributed by atoms with Gasteiger partial charge >= 0.3 is 0 Å². The van der Waals surface area contributed by atoms with Gasteiger partial charge in [-0.05, 0) is 56.0 Å². The van der Waals surface area contributed by atoms with E-state index in [0.717, 1.165) is 44.3 Å². The third-order valence-electron chi connectivity index (χ3n) is 5.12. The Bertz CT molecular complexity index is 533. The number of hydrogen-bond donors (Lipinski definition) is 2. The van der Waals surface area contributed by atoms with Gasteiger partial charge in [0.1, 0.15) is 5.82 Å². The molecule has 122 valence electrons. The SMILES string of the molecule is CC1CNCCC1NC(=O)C1(c2cccc(F)c2)CCC1.Cl. The van der Waals surface area contributed by atoms with Crippen LogP contribution in [0, 0.1) is 11.7 Å². The summed E-state index contributed by atoms with van der Waals surface area (Å²) in [5, 5.41) is 6.57. The van der Waals surface area contributed by atoms with Gasteiger partial charge in [-0.25, -0.2) is 4.39 Å². The van der Waals surface area contributed by atoms with Crippen molar-refractivity contribution in [2.24, 2.45) is 5.92 Å². The van der Waals surface area contributed by atoms with E-state index in [1.807, 2.05) is 6.07 Å². The summed E-state index contributed by atoms with van der Waals surface area (Å²) in [4.78, 5) is 12.8. The lowest BCUT2D eigenvalue weighted by molar-refractivity contribution is -0.131. The van der Waals surface area contributed by atoms with E-state index >= 15 is 0 Å². The molecule has 2 N–H and O–H groups in total. The van der Waals surface area contributed by atoms with E-state index < -0.39 is 5.41 Å². The van der Waals surface area contributed by atoms with Gasteiger partial charge in [-0.2, -0.15) is 0 Å². The van der Waals surface area contributed by atoms with E-state index in [4.69, 9.17) is 0 Å². The predicted octanol–water partition coefficient (Wildman–Crippen LogP) is 2.78. The zero-order valence-electron chi connectivity index (χ0n) is 12.9. The first-order valence-electron chi connectivity index (χ1n) is 7.89. The van der Waals surface area contributed by atoms with Gasteiger partial charge < -0.3 is 10.6 Å². The number of piperidine rings is 1. The molecule has 5 heteroatoms. The van der Waals surface area contributed by atoms with Crippen LogP contribution in [0.5, 0.6) is 0 Å². The fraction of sp³-hybridized carbons (Fsp3) is 0.588. The van der Waals surface area contributed by atoms with Crippen LogP contribution < -0.4 is 10.6 Å². The number of halogens is 2. The molecule has 2 aliphatic rings. The van der Waals surface area contributed by atoms with Gasteiger partial charge in [0, 0.05) is 6.04 Å². The van der Waals surface area contributed by atoms with Crippen LogP contribution >= 0.6 is 12.4 Å². The average Bonchev–Trinajstić information content (AvgIpc) is 2.40. The third-order valence-corrected chi connectivity index (χ3v) is 5.12. The molecule has 1 amide bonds. The second-order valence-corrected chi connectivity index (χ2v) is 6.50. The molecule has 1 saturated heterocycles. The first kappa shape index (κ1) is 17.2. The normalized spacial score (nSPS) is 26.5. The van der Waals surface area contributed by atoms with Crippen molar-refractivity contribution in [3.8, 4) is 0 Å². The lowest BCUT2D eigenvalue weighted by Gasteiger charge is -2.43. The molecule has 1 aromatic carbocycles. The van der Waals surface area contributed by atoms with Crippen LogP contribution in [0.1, 0.15) is 38.2 Å². The molecule has 2 unspecified atom stereocenters. The molecule has 3 rings (SSSR count). The van der Waals surface area contributed by atoms with Crippen LogP contribution in [0.4, 0.5) is 4.39 Å². The van der Waals surface area contributed by atoms with E-state index in [1.54, 1.807) is 6.07 Å². The van der Waals surface area contributed by atoms with Crippen molar-refractivity contribution in [2.45, 2.75) is 44.1 Å². The molecule has 0 spiro atoms. The number of amides is 1. The van der Waals surface area contributed by atoms with E-state index in [2.05, 4.69) is 17.6 Å². The van der Waals surface area contributed by atoms with Crippen LogP contribution in [0.15, 0.2) is 24.3 Å². The largest absolute Gasteiger partial charge is 0.352 e. The van der Waals surface area contributed by atoms with Crippen molar-refractivity contribution < 1.29 is 9.18 Å². The quantitative estimate of drug-likeness (QED) is 0.896. The van der Waals surface area contributed by atoms with Gasteiger partial charge in [-0.3, -0.25) is 4.79 Å². The van der Waals surface area contributed by atoms with Crippen LogP contribution in [-0.4, -0.2) is 25.0 Å². The highest BCUT2D eigenvalue weighted by Gasteiger charge is 2.46. The van der Waals surface area contributed by atoms with Gasteiger partial charge in [-0.15, -0.1) is 12.4 Å². The summed E-state index contributed by atoms with van der Waals surface area (Å²) in [6, 6.07) is 6.76. The van der Waals surface area contributed by atoms with E-state index in [0.29, 0.717) is 5.92 Å². The van der Waals surface area contributed by atoms with Crippen molar-refractivity contribution in [1.29, 1.82) is 0 Å². The van der Waals surface area contributed by atoms with Crippen molar-refractivity contribution in [3.63, 3.8) is 0 Å². The van der Waals surface area contributed by atoms with Crippen LogP contribution in [0.25, 0.3) is 0 Å². The fourth-order valence-corrected chi connectivity index (χ4v) is 3.50. The maximum atomic E-state index is 13.5. The molecule has 1 aliphatic heterocycles. The minimum atomic E-state index is -0.507. The molecule has 1 aromatic rings. The Morgan fingerprint density at radius 2 is 2.18 bits per heavy atom. The first-order chi connectivity index (χ1) is 10.1. The Morgan fingerprint density at radius 3 is 2.77 bits per heavy atom. The lowest BCUT2D eigenvalue weighted by atomic mass is 9.63. The molecule has 2 atom stereocenters. The zero-order valence-corrected chi connectivity index (χ0v) is 13.7. The number of hydrogen-bond acceptors (Lipinski definition) is 2. The minimum absolute atomic E-state index is 0. The maximum absolute atomic E-state index is 13.5. The summed E-state index contributed by atoms with van der Waals surface area (Å²) < 4.78 is 13.5. The molecule has 0 aromatic heterocycles. The van der Waals surface area contributed by atoms with Crippen molar-refractivity contribution in [3.05, 3.63) is 35.6 Å². The van der Waals surface area contributed by atoms with Crippen LogP contribution in [-0.2, 0) is 10.2 Å². The number of carbonyl (C=O) groups is 1. The Hall–Kier alpha value is -1.13. The molecule has 0 bridgehead atoms. The Balaban J connectivity index is 0.00000176. The monoisotopic (exact) mass is 326 g/mol. The second-order valence-electron chi connectivity index (χ2n) is 6.50. The summed E-state index contributed by atoms with van der Waals surface area (Å²) in [6.45, 7) is 4.05. The van der Waals surface area contributed by atoms with Crippen molar-refractivity contribution >= 4 is 18.3 Å². The first-order valence-corrected chi connectivity index (χ1v) is 7.89. The molecule has 0 radical (unpaired) electrons. The van der Waals surface area contributed by atoms with Gasteiger partial charge in [0.05, 0.1) is 5.41 Å². The van der Waals surface area contributed by atoms with Gasteiger partial charge in [-0.1, -0.05) is 25.5 Å². The molecule has 1 saturated carbocycles. The van der Waals surface area contributed by atoms with E-state index in [9.17, 15) is 9.18 Å². The lowest BCUT2D eigenvalue weighted by Crippen LogP contribution is -2.56. The summed E-state index contributed by atoms with van der Waals surface area (Å²) in [6.07, 6.45) is 3.64. The Morgan fingerprint density at radius 1 is 1.41 bits per heavy atom. The molecule has 2 fully saturated rings. The highest BCUT2D eigenvalue weighted by Crippen LogP contribution is 2.44. The summed E-state index contributed by atoms with van der Waals surface area (Å²) in [5.74, 6) is 0.257. The molecule has 3 nitrogen and oxygen atoms in total. The van der Waals surface area contributed by atoms with Crippen molar-refractivity contribution in [2.75, 3.05) is 13.1 Å². The molecule has 22 heavy (non-hydrogen) atoms. The Labute approximate surface area is 137 Å². The highest BCUT2D eigenvalue weighted by atomic mass is 35.5. The van der Waals surface area contributed by atoms with Gasteiger partial charge in [0.25, 0.3) is 0 Å². The summed E-state index contributed by atoms with van der Waals surface area (Å²) in [5.41, 5.74) is 0.319.